The Morgan fingerprint density at radius 3 is 2.53 bits per heavy atom. The molecule has 0 aliphatic carbocycles. The van der Waals surface area contributed by atoms with E-state index in [1.807, 2.05) is 6.07 Å². The summed E-state index contributed by atoms with van der Waals surface area (Å²) < 4.78 is 29.4. The summed E-state index contributed by atoms with van der Waals surface area (Å²) in [5.41, 5.74) is 0. The minimum absolute atomic E-state index is 0.296. The molecule has 0 aromatic carbocycles. The molecule has 2 aromatic rings. The molecule has 5 rings (SSSR count). The van der Waals surface area contributed by atoms with Crippen molar-refractivity contribution in [1.82, 2.24) is 24.1 Å². The van der Waals surface area contributed by atoms with Crippen LogP contribution in [0.15, 0.2) is 23.2 Å². The highest BCUT2D eigenvalue weighted by Gasteiger charge is 2.30. The van der Waals surface area contributed by atoms with Crippen molar-refractivity contribution in [2.24, 2.45) is 0 Å². The van der Waals surface area contributed by atoms with E-state index in [-0.39, 0.29) is 0 Å². The van der Waals surface area contributed by atoms with Gasteiger partial charge in [0.2, 0.25) is 10.0 Å². The molecule has 1 atom stereocenters. The summed E-state index contributed by atoms with van der Waals surface area (Å²) in [4.78, 5) is 7.09. The summed E-state index contributed by atoms with van der Waals surface area (Å²) in [7, 11) is -3.42. The SMILES string of the molecule is O=S(=O)(c1ccc(N2CCCC(c3nnc4n3CCCCC4)C2)nc1)N1CCCC1. The van der Waals surface area contributed by atoms with Crippen molar-refractivity contribution in [2.75, 3.05) is 31.1 Å². The lowest BCUT2D eigenvalue weighted by Gasteiger charge is -2.33. The lowest BCUT2D eigenvalue weighted by atomic mass is 9.97. The fourth-order valence-corrected chi connectivity index (χ4v) is 6.46. The summed E-state index contributed by atoms with van der Waals surface area (Å²) in [6.45, 7) is 4.03. The molecule has 162 valence electrons. The number of sulfonamides is 1. The van der Waals surface area contributed by atoms with E-state index in [0.29, 0.717) is 23.9 Å². The van der Waals surface area contributed by atoms with Gasteiger partial charge >= 0.3 is 0 Å². The molecular formula is C21H30N6O2S. The third-order valence-electron chi connectivity index (χ3n) is 6.67. The van der Waals surface area contributed by atoms with Crippen molar-refractivity contribution >= 4 is 15.8 Å². The molecule has 0 saturated carbocycles. The van der Waals surface area contributed by atoms with E-state index >= 15 is 0 Å². The number of hydrogen-bond acceptors (Lipinski definition) is 6. The van der Waals surface area contributed by atoms with Gasteiger partial charge in [-0.25, -0.2) is 13.4 Å². The van der Waals surface area contributed by atoms with Crippen LogP contribution in [0.3, 0.4) is 0 Å². The predicted molar refractivity (Wildman–Crippen MR) is 114 cm³/mol. The van der Waals surface area contributed by atoms with Crippen LogP contribution in [0.2, 0.25) is 0 Å². The number of aromatic nitrogens is 4. The molecule has 1 unspecified atom stereocenters. The highest BCUT2D eigenvalue weighted by molar-refractivity contribution is 7.89. The Balaban J connectivity index is 1.32. The molecule has 0 spiro atoms. The van der Waals surface area contributed by atoms with Crippen LogP contribution in [0.5, 0.6) is 0 Å². The normalized spacial score (nSPS) is 23.3. The fraction of sp³-hybridized carbons (Fsp3) is 0.667. The molecule has 0 N–H and O–H groups in total. The second-order valence-corrected chi connectivity index (χ2v) is 10.6. The molecule has 2 fully saturated rings. The molecule has 2 saturated heterocycles. The summed E-state index contributed by atoms with van der Waals surface area (Å²) in [5.74, 6) is 3.43. The molecule has 3 aliphatic rings. The first-order valence-corrected chi connectivity index (χ1v) is 12.7. The minimum Gasteiger partial charge on any atom is -0.356 e. The maximum absolute atomic E-state index is 12.7. The van der Waals surface area contributed by atoms with Crippen LogP contribution in [-0.4, -0.2) is 58.7 Å². The molecule has 8 nitrogen and oxygen atoms in total. The molecule has 9 heteroatoms. The van der Waals surface area contributed by atoms with Crippen molar-refractivity contribution < 1.29 is 8.42 Å². The monoisotopic (exact) mass is 430 g/mol. The number of anilines is 1. The maximum atomic E-state index is 12.7. The first kappa shape index (κ1) is 19.9. The standard InChI is InChI=1S/C21H30N6O2S/c28-30(29,26-12-4-5-13-26)18-9-10-19(22-15-18)25-11-6-7-17(16-25)21-24-23-20-8-2-1-3-14-27(20)21/h9-10,15,17H,1-8,11-14,16H2. The largest absolute Gasteiger partial charge is 0.356 e. The van der Waals surface area contributed by atoms with E-state index in [9.17, 15) is 8.42 Å². The van der Waals surface area contributed by atoms with Crippen LogP contribution in [0.25, 0.3) is 0 Å². The number of fused-ring (bicyclic) bond motifs is 1. The summed E-state index contributed by atoms with van der Waals surface area (Å²) >= 11 is 0. The van der Waals surface area contributed by atoms with Crippen molar-refractivity contribution in [3.8, 4) is 0 Å². The summed E-state index contributed by atoms with van der Waals surface area (Å²) in [6.07, 6.45) is 10.3. The minimum atomic E-state index is -3.42. The number of piperidine rings is 1. The van der Waals surface area contributed by atoms with Gasteiger partial charge in [-0.05, 0) is 50.7 Å². The van der Waals surface area contributed by atoms with Gasteiger partial charge in [-0.15, -0.1) is 10.2 Å². The first-order valence-electron chi connectivity index (χ1n) is 11.3. The lowest BCUT2D eigenvalue weighted by molar-refractivity contribution is 0.463. The molecule has 3 aliphatic heterocycles. The fourth-order valence-electron chi connectivity index (χ4n) is 5.00. The van der Waals surface area contributed by atoms with Gasteiger partial charge in [-0.1, -0.05) is 6.42 Å². The highest BCUT2D eigenvalue weighted by atomic mass is 32.2. The summed E-state index contributed by atoms with van der Waals surface area (Å²) in [6, 6.07) is 3.57. The lowest BCUT2D eigenvalue weighted by Crippen LogP contribution is -2.36. The zero-order valence-corrected chi connectivity index (χ0v) is 18.2. The highest BCUT2D eigenvalue weighted by Crippen LogP contribution is 2.30. The van der Waals surface area contributed by atoms with Gasteiger partial charge in [0.1, 0.15) is 22.4 Å². The van der Waals surface area contributed by atoms with Gasteiger partial charge in [0.25, 0.3) is 0 Å². The van der Waals surface area contributed by atoms with Gasteiger partial charge < -0.3 is 9.47 Å². The van der Waals surface area contributed by atoms with E-state index in [4.69, 9.17) is 0 Å². The van der Waals surface area contributed by atoms with Crippen molar-refractivity contribution in [3.05, 3.63) is 30.0 Å². The van der Waals surface area contributed by atoms with Crippen LogP contribution >= 0.6 is 0 Å². The average Bonchev–Trinajstić information content (AvgIpc) is 3.40. The zero-order chi connectivity index (χ0) is 20.6. The average molecular weight is 431 g/mol. The van der Waals surface area contributed by atoms with Crippen LogP contribution in [0.4, 0.5) is 5.82 Å². The van der Waals surface area contributed by atoms with Crippen LogP contribution in [-0.2, 0) is 23.0 Å². The van der Waals surface area contributed by atoms with Crippen LogP contribution < -0.4 is 4.90 Å². The van der Waals surface area contributed by atoms with Crippen LogP contribution in [0.1, 0.15) is 62.5 Å². The van der Waals surface area contributed by atoms with Crippen molar-refractivity contribution in [3.63, 3.8) is 0 Å². The Bertz CT molecular complexity index is 981. The molecule has 30 heavy (non-hydrogen) atoms. The Morgan fingerprint density at radius 1 is 0.900 bits per heavy atom. The first-order chi connectivity index (χ1) is 14.6. The second kappa shape index (κ2) is 8.26. The maximum Gasteiger partial charge on any atom is 0.244 e. The van der Waals surface area contributed by atoms with Gasteiger partial charge in [-0.2, -0.15) is 4.31 Å². The third-order valence-corrected chi connectivity index (χ3v) is 8.55. The van der Waals surface area contributed by atoms with Crippen molar-refractivity contribution in [1.29, 1.82) is 0 Å². The Kier molecular flexibility index (Phi) is 5.49. The molecular weight excluding hydrogens is 400 g/mol. The Hall–Kier alpha value is -2.00. The smallest absolute Gasteiger partial charge is 0.244 e. The van der Waals surface area contributed by atoms with E-state index in [2.05, 4.69) is 24.6 Å². The van der Waals surface area contributed by atoms with Gasteiger partial charge in [-0.3, -0.25) is 0 Å². The van der Waals surface area contributed by atoms with Crippen molar-refractivity contribution in [2.45, 2.75) is 68.7 Å². The number of hydrogen-bond donors (Lipinski definition) is 0. The molecule has 0 amide bonds. The van der Waals surface area contributed by atoms with Gasteiger partial charge in [0.05, 0.1) is 0 Å². The Morgan fingerprint density at radius 2 is 1.73 bits per heavy atom. The second-order valence-electron chi connectivity index (χ2n) is 8.69. The van der Waals surface area contributed by atoms with Gasteiger partial charge in [0, 0.05) is 51.3 Å². The topological polar surface area (TPSA) is 84.2 Å². The molecule has 2 aromatic heterocycles. The number of pyridine rings is 1. The molecule has 0 bridgehead atoms. The van der Waals surface area contributed by atoms with E-state index in [0.717, 1.165) is 69.2 Å². The van der Waals surface area contributed by atoms with E-state index in [1.165, 1.54) is 25.5 Å². The predicted octanol–water partition coefficient (Wildman–Crippen LogP) is 2.57. The van der Waals surface area contributed by atoms with Crippen LogP contribution in [0, 0.1) is 0 Å². The number of nitrogens with zero attached hydrogens (tertiary/aromatic N) is 6. The number of rotatable bonds is 4. The Labute approximate surface area is 178 Å². The van der Waals surface area contributed by atoms with E-state index in [1.54, 1.807) is 10.4 Å². The zero-order valence-electron chi connectivity index (χ0n) is 17.4. The number of aryl methyl sites for hydroxylation is 1. The van der Waals surface area contributed by atoms with E-state index < -0.39 is 10.0 Å². The molecule has 5 heterocycles. The molecule has 0 radical (unpaired) electrons. The van der Waals surface area contributed by atoms with Gasteiger partial charge in [0.15, 0.2) is 0 Å². The summed E-state index contributed by atoms with van der Waals surface area (Å²) in [5, 5.41) is 9.04. The third kappa shape index (κ3) is 3.73. The quantitative estimate of drug-likeness (QED) is 0.741.